The van der Waals surface area contributed by atoms with Gasteiger partial charge in [-0.2, -0.15) is 0 Å². The van der Waals surface area contributed by atoms with E-state index in [2.05, 4.69) is 5.32 Å². The molecule has 0 saturated carbocycles. The zero-order valence-electron chi connectivity index (χ0n) is 20.2. The molecule has 3 unspecified atom stereocenters. The summed E-state index contributed by atoms with van der Waals surface area (Å²) in [6.07, 6.45) is -0.585. The molecule has 2 fully saturated rings. The molecule has 2 heterocycles. The molecule has 2 aliphatic rings. The summed E-state index contributed by atoms with van der Waals surface area (Å²) in [5.41, 5.74) is 2.00. The highest BCUT2D eigenvalue weighted by Crippen LogP contribution is 2.33. The molecule has 2 saturated heterocycles. The van der Waals surface area contributed by atoms with Crippen molar-refractivity contribution >= 4 is 17.8 Å². The number of amides is 4. The summed E-state index contributed by atoms with van der Waals surface area (Å²) in [6.45, 7) is 6.55. The number of nitrogens with zero attached hydrogens (tertiary/aromatic N) is 4. The van der Waals surface area contributed by atoms with Gasteiger partial charge in [0.1, 0.15) is 12.2 Å². The number of carbonyl (C=O) groups excluding carboxylic acids is 3. The Kier molecular flexibility index (Phi) is 6.88. The van der Waals surface area contributed by atoms with Crippen LogP contribution < -0.4 is 5.32 Å². The van der Waals surface area contributed by atoms with E-state index in [-0.39, 0.29) is 42.9 Å². The number of piperazine rings is 1. The Morgan fingerprint density at radius 1 is 1.00 bits per heavy atom. The summed E-state index contributed by atoms with van der Waals surface area (Å²) in [5, 5.41) is 6.23. The van der Waals surface area contributed by atoms with Crippen molar-refractivity contribution in [2.75, 3.05) is 20.1 Å². The van der Waals surface area contributed by atoms with Crippen molar-refractivity contribution in [3.8, 4) is 0 Å². The van der Waals surface area contributed by atoms with Crippen LogP contribution in [0, 0.1) is 5.92 Å². The van der Waals surface area contributed by atoms with Gasteiger partial charge in [-0.15, -0.1) is 0 Å². The molecule has 2 aromatic carbocycles. The first kappa shape index (κ1) is 23.8. The lowest BCUT2D eigenvalue weighted by molar-refractivity contribution is -0.192. The van der Waals surface area contributed by atoms with E-state index >= 15 is 0 Å². The number of benzene rings is 2. The van der Waals surface area contributed by atoms with Crippen molar-refractivity contribution in [2.45, 2.75) is 45.6 Å². The van der Waals surface area contributed by atoms with E-state index in [0.29, 0.717) is 6.54 Å². The Balaban J connectivity index is 1.64. The summed E-state index contributed by atoms with van der Waals surface area (Å²) in [6, 6.07) is 18.4. The quantitative estimate of drug-likeness (QED) is 0.740. The smallest absolute Gasteiger partial charge is 0.333 e. The molecular weight excluding hydrogens is 430 g/mol. The van der Waals surface area contributed by atoms with E-state index in [4.69, 9.17) is 0 Å². The van der Waals surface area contributed by atoms with Crippen molar-refractivity contribution in [3.05, 3.63) is 71.8 Å². The topological polar surface area (TPSA) is 76.2 Å². The van der Waals surface area contributed by atoms with Gasteiger partial charge >= 0.3 is 6.03 Å². The Bertz CT molecular complexity index is 1030. The average molecular weight is 464 g/mol. The highest BCUT2D eigenvalue weighted by molar-refractivity contribution is 5.91. The van der Waals surface area contributed by atoms with Gasteiger partial charge in [-0.05, 0) is 24.0 Å². The van der Waals surface area contributed by atoms with E-state index in [9.17, 15) is 14.4 Å². The zero-order chi connectivity index (χ0) is 24.4. The third-order valence-electron chi connectivity index (χ3n) is 6.69. The number of hydrogen-bond donors (Lipinski definition) is 1. The number of rotatable bonds is 5. The molecule has 2 aliphatic heterocycles. The average Bonchev–Trinajstić information content (AvgIpc) is 2.83. The van der Waals surface area contributed by atoms with Crippen LogP contribution in [0.3, 0.4) is 0 Å². The van der Waals surface area contributed by atoms with Gasteiger partial charge in [0.25, 0.3) is 0 Å². The third kappa shape index (κ3) is 4.50. The monoisotopic (exact) mass is 463 g/mol. The largest absolute Gasteiger partial charge is 0.334 e. The maximum Gasteiger partial charge on any atom is 0.334 e. The van der Waals surface area contributed by atoms with Gasteiger partial charge in [0, 0.05) is 13.6 Å². The molecule has 2 aromatic rings. The molecule has 4 amide bonds. The van der Waals surface area contributed by atoms with Gasteiger partial charge in [0.2, 0.25) is 11.8 Å². The molecular formula is C26H33N5O3. The standard InChI is InChI=1S/C26H33N5O3/c1-18(2)24-25(33)29(19(3)21-13-9-6-10-14-21)16-22-30(24)23(32)17-28(4)31(22)26(34)27-15-20-11-7-5-8-12-20/h5-14,18-19,22,24H,15-17H2,1-4H3,(H,27,34). The van der Waals surface area contributed by atoms with Crippen LogP contribution in [0.5, 0.6) is 0 Å². The van der Waals surface area contributed by atoms with Gasteiger partial charge in [-0.25, -0.2) is 14.8 Å². The molecule has 0 radical (unpaired) electrons. The fraction of sp³-hybridized carbons (Fsp3) is 0.423. The number of hydrogen-bond acceptors (Lipinski definition) is 4. The number of nitrogens with one attached hydrogen (secondary N) is 1. The minimum absolute atomic E-state index is 0.0417. The van der Waals surface area contributed by atoms with Crippen molar-refractivity contribution in [1.82, 2.24) is 25.1 Å². The Labute approximate surface area is 201 Å². The van der Waals surface area contributed by atoms with Crippen molar-refractivity contribution in [1.29, 1.82) is 0 Å². The first-order valence-corrected chi connectivity index (χ1v) is 11.8. The van der Waals surface area contributed by atoms with Gasteiger partial charge in [-0.3, -0.25) is 9.59 Å². The molecule has 8 nitrogen and oxygen atoms in total. The third-order valence-corrected chi connectivity index (χ3v) is 6.69. The second-order valence-electron chi connectivity index (χ2n) is 9.35. The SMILES string of the molecule is CC(C)C1C(=O)N(C(C)c2ccccc2)CC2N1C(=O)CN(C)N2C(=O)NCc1ccccc1. The Morgan fingerprint density at radius 2 is 1.62 bits per heavy atom. The molecule has 180 valence electrons. The molecule has 1 N–H and O–H groups in total. The summed E-state index contributed by atoms with van der Waals surface area (Å²) < 4.78 is 0. The van der Waals surface area contributed by atoms with Crippen molar-refractivity contribution < 1.29 is 14.4 Å². The lowest BCUT2D eigenvalue weighted by atomic mass is 9.94. The maximum atomic E-state index is 13.7. The van der Waals surface area contributed by atoms with Crippen LogP contribution in [0.15, 0.2) is 60.7 Å². The summed E-state index contributed by atoms with van der Waals surface area (Å²) in [4.78, 5) is 43.6. The normalized spacial score (nSPS) is 22.1. The molecule has 0 bridgehead atoms. The van der Waals surface area contributed by atoms with Crippen LogP contribution in [0.25, 0.3) is 0 Å². The molecule has 3 atom stereocenters. The maximum absolute atomic E-state index is 13.7. The fourth-order valence-electron chi connectivity index (χ4n) is 4.94. The van der Waals surface area contributed by atoms with E-state index in [1.165, 1.54) is 0 Å². The molecule has 0 aromatic heterocycles. The minimum Gasteiger partial charge on any atom is -0.333 e. The van der Waals surface area contributed by atoms with Crippen LogP contribution in [-0.2, 0) is 16.1 Å². The minimum atomic E-state index is -0.629. The molecule has 0 aliphatic carbocycles. The van der Waals surface area contributed by atoms with Crippen molar-refractivity contribution in [2.24, 2.45) is 5.92 Å². The van der Waals surface area contributed by atoms with E-state index in [0.717, 1.165) is 11.1 Å². The number of carbonyl (C=O) groups is 3. The van der Waals surface area contributed by atoms with Crippen molar-refractivity contribution in [3.63, 3.8) is 0 Å². The molecule has 34 heavy (non-hydrogen) atoms. The molecule has 0 spiro atoms. The van der Waals surface area contributed by atoms with Crippen LogP contribution in [0.4, 0.5) is 4.79 Å². The lowest BCUT2D eigenvalue weighted by Crippen LogP contribution is -2.76. The zero-order valence-corrected chi connectivity index (χ0v) is 20.2. The first-order chi connectivity index (χ1) is 16.3. The van der Waals surface area contributed by atoms with Gasteiger partial charge in [0.15, 0.2) is 0 Å². The highest BCUT2D eigenvalue weighted by Gasteiger charge is 2.52. The van der Waals surface area contributed by atoms with Gasteiger partial charge in [0.05, 0.1) is 19.1 Å². The van der Waals surface area contributed by atoms with Crippen LogP contribution in [-0.4, -0.2) is 70.0 Å². The summed E-state index contributed by atoms with van der Waals surface area (Å²) in [7, 11) is 1.74. The van der Waals surface area contributed by atoms with E-state index < -0.39 is 12.2 Å². The van der Waals surface area contributed by atoms with Gasteiger partial charge in [-0.1, -0.05) is 74.5 Å². The van der Waals surface area contributed by atoms with Crippen LogP contribution >= 0.6 is 0 Å². The predicted octanol–water partition coefficient (Wildman–Crippen LogP) is 2.84. The Hall–Kier alpha value is -3.39. The van der Waals surface area contributed by atoms with E-state index in [1.54, 1.807) is 22.0 Å². The summed E-state index contributed by atoms with van der Waals surface area (Å²) >= 11 is 0. The van der Waals surface area contributed by atoms with Crippen LogP contribution in [0.1, 0.15) is 37.9 Å². The van der Waals surface area contributed by atoms with Gasteiger partial charge < -0.3 is 15.1 Å². The number of hydrazine groups is 1. The summed E-state index contributed by atoms with van der Waals surface area (Å²) in [5.74, 6) is -0.314. The molecule has 4 rings (SSSR count). The highest BCUT2D eigenvalue weighted by atomic mass is 16.2. The number of urea groups is 1. The number of likely N-dealkylation sites (N-methyl/N-ethyl adjacent to an activating group) is 1. The molecule has 8 heteroatoms. The number of fused-ring (bicyclic) bond motifs is 1. The van der Waals surface area contributed by atoms with E-state index in [1.807, 2.05) is 86.3 Å². The lowest BCUT2D eigenvalue weighted by Gasteiger charge is -2.56. The first-order valence-electron chi connectivity index (χ1n) is 11.8. The second-order valence-corrected chi connectivity index (χ2v) is 9.35. The fourth-order valence-corrected chi connectivity index (χ4v) is 4.94. The Morgan fingerprint density at radius 3 is 2.24 bits per heavy atom. The second kappa shape index (κ2) is 9.85. The predicted molar refractivity (Wildman–Crippen MR) is 129 cm³/mol. The van der Waals surface area contributed by atoms with Crippen LogP contribution in [0.2, 0.25) is 0 Å².